The van der Waals surface area contributed by atoms with Crippen molar-refractivity contribution in [3.8, 4) is 0 Å². The zero-order valence-corrected chi connectivity index (χ0v) is 60.0. The van der Waals surface area contributed by atoms with Crippen LogP contribution in [0.5, 0.6) is 0 Å². The van der Waals surface area contributed by atoms with Gasteiger partial charge in [-0.2, -0.15) is 0 Å². The smallest absolute Gasteiger partial charge is 0.339 e. The first-order chi connectivity index (χ1) is 43.1. The minimum Gasteiger partial charge on any atom is -0.356 e. The first-order valence-corrected chi connectivity index (χ1v) is 40.2. The van der Waals surface area contributed by atoms with Crippen LogP contribution in [0, 0.1) is 47.6 Å². The SMILES string of the molecule is CS(=O)(=O)NCC1CCCN(c2ncnc3cc(Br)c(F)cc23)C1.CS(=O)(=O)NCC1CCCNC1.Fc1cc2c(Cl)ncnc2cc1Br.O=P(Cl)(Cl)Cl.O=c1[nH]cnc2cc(Br)c(F)cc12.[C-]#[N+]c1cc2ncnc(N3CCCC(CNS(C)(=O)=O)C3)c2cc1F. The summed E-state index contributed by atoms with van der Waals surface area (Å²) in [6.07, 6.45) is 15.0. The van der Waals surface area contributed by atoms with E-state index in [-0.39, 0.29) is 45.3 Å². The molecule has 38 heteroatoms. The lowest BCUT2D eigenvalue weighted by Crippen LogP contribution is -2.41. The molecule has 0 saturated carbocycles. The third-order valence-electron chi connectivity index (χ3n) is 13.7. The maximum Gasteiger partial charge on any atom is 0.339 e. The first kappa shape index (κ1) is 76.4. The number of benzene rings is 4. The predicted octanol–water partition coefficient (Wildman–Crippen LogP) is 11.7. The van der Waals surface area contributed by atoms with Crippen molar-refractivity contribution < 1.29 is 47.4 Å². The molecule has 11 rings (SSSR count). The van der Waals surface area contributed by atoms with Crippen LogP contribution in [0.3, 0.4) is 0 Å². The molecule has 3 saturated heterocycles. The Labute approximate surface area is 572 Å². The highest BCUT2D eigenvalue weighted by Crippen LogP contribution is 2.61. The molecule has 5 N–H and O–H groups in total. The highest BCUT2D eigenvalue weighted by molar-refractivity contribution is 9.11. The van der Waals surface area contributed by atoms with Crippen molar-refractivity contribution in [2.24, 2.45) is 17.8 Å². The summed E-state index contributed by atoms with van der Waals surface area (Å²) in [5.74, 6) is 0.333. The summed E-state index contributed by atoms with van der Waals surface area (Å²) in [7, 11) is -9.43. The van der Waals surface area contributed by atoms with E-state index in [0.717, 1.165) is 83.3 Å². The van der Waals surface area contributed by atoms with Crippen LogP contribution < -0.4 is 34.8 Å². The van der Waals surface area contributed by atoms with Crippen molar-refractivity contribution in [1.82, 2.24) is 59.4 Å². The highest BCUT2D eigenvalue weighted by atomic mass is 79.9. The number of rotatable bonds is 11. The number of anilines is 2. The quantitative estimate of drug-likeness (QED) is 0.0348. The molecule has 3 fully saturated rings. The summed E-state index contributed by atoms with van der Waals surface area (Å²) in [5, 5.41) is 2.27. The molecule has 3 aliphatic rings. The van der Waals surface area contributed by atoms with Crippen LogP contribution in [0.1, 0.15) is 38.5 Å². The standard InChI is InChI=1S/C16H18FN5O2S.C15H18BrFN4O2S.C8H3BrClFN2.C8H4BrFN2O.C7H16N2O2S.Cl3OP/c1-18-15-7-14-12(6-13(15)17)16(20-10-19-14)22-5-3-4-11(9-22)8-21-25(2,23)24;1-24(22,23)20-7-10-3-2-4-21(8-10)15-11-5-13(17)12(16)6-14(11)18-9-19-15;9-5-2-7-4(1-6(5)11)8(10)13-3-12-7;9-5-2-7-4(1-6(5)10)8(13)12-3-11-7;1-12(10,11)9-6-7-3-2-4-8-5-7;1-5(2,3)4/h6-7,10-11,21H,3-5,8-9H2,2H3;5-6,9-10,20H,2-4,7-8H2,1H3;1-3H;1-3H,(H,11,12,13);7-9H,2-6H2,1H3;. The monoisotopic (exact) mass is 1620 g/mol. The molecule has 92 heavy (non-hydrogen) atoms. The lowest BCUT2D eigenvalue weighted by molar-refractivity contribution is 0.376. The van der Waals surface area contributed by atoms with Gasteiger partial charge >= 0.3 is 5.20 Å². The molecule has 0 amide bonds. The molecular formula is C54H59Br3Cl4F4N15O8PS3. The number of halogens is 11. The van der Waals surface area contributed by atoms with E-state index in [0.29, 0.717) is 102 Å². The summed E-state index contributed by atoms with van der Waals surface area (Å²) < 4.78 is 139. The van der Waals surface area contributed by atoms with Gasteiger partial charge in [0.05, 0.1) is 72.5 Å². The fraction of sp³-hybridized carbons (Fsp3) is 0.389. The summed E-state index contributed by atoms with van der Waals surface area (Å²) in [4.78, 5) is 49.4. The van der Waals surface area contributed by atoms with Gasteiger partial charge in [0.15, 0.2) is 0 Å². The first-order valence-electron chi connectivity index (χ1n) is 27.4. The van der Waals surface area contributed by atoms with Gasteiger partial charge in [-0.15, -0.1) is 0 Å². The number of fused-ring (bicyclic) bond motifs is 4. The maximum absolute atomic E-state index is 14.0. The minimum atomic E-state index is -3.23. The van der Waals surface area contributed by atoms with Crippen LogP contribution in [0.2, 0.25) is 5.15 Å². The van der Waals surface area contributed by atoms with Crippen LogP contribution in [0.25, 0.3) is 48.5 Å². The van der Waals surface area contributed by atoms with Crippen LogP contribution in [0.15, 0.2) is 92.1 Å². The normalized spacial score (nSPS) is 16.9. The largest absolute Gasteiger partial charge is 0.356 e. The fourth-order valence-electron chi connectivity index (χ4n) is 9.52. The molecule has 3 unspecified atom stereocenters. The van der Waals surface area contributed by atoms with Gasteiger partial charge in [0.2, 0.25) is 35.8 Å². The van der Waals surface area contributed by atoms with E-state index in [9.17, 15) is 52.2 Å². The second-order valence-electron chi connectivity index (χ2n) is 21.0. The fourth-order valence-corrected chi connectivity index (χ4v) is 12.3. The number of nitrogens with zero attached hydrogens (tertiary/aromatic N) is 10. The molecule has 23 nitrogen and oxygen atoms in total. The molecule has 3 atom stereocenters. The molecule has 7 heterocycles. The number of aromatic nitrogens is 8. The second kappa shape index (κ2) is 34.9. The minimum absolute atomic E-state index is 0.0639. The molecule has 498 valence electrons. The van der Waals surface area contributed by atoms with Crippen molar-refractivity contribution in [2.75, 3.05) is 87.5 Å². The van der Waals surface area contributed by atoms with Gasteiger partial charge in [0.25, 0.3) is 5.56 Å². The summed E-state index contributed by atoms with van der Waals surface area (Å²) >= 11 is 28.8. The van der Waals surface area contributed by atoms with Crippen molar-refractivity contribution >= 4 is 189 Å². The Hall–Kier alpha value is -4.63. The average molecular weight is 1630 g/mol. The van der Waals surface area contributed by atoms with Gasteiger partial charge in [0, 0.05) is 62.0 Å². The van der Waals surface area contributed by atoms with E-state index >= 15 is 0 Å². The van der Waals surface area contributed by atoms with Crippen LogP contribution >= 0.6 is 98.3 Å². The predicted molar refractivity (Wildman–Crippen MR) is 364 cm³/mol. The zero-order valence-electron chi connectivity index (χ0n) is 48.8. The third-order valence-corrected chi connectivity index (χ3v) is 17.9. The number of H-pyrrole nitrogens is 1. The van der Waals surface area contributed by atoms with E-state index in [1.807, 2.05) is 4.90 Å². The number of aromatic amines is 1. The Morgan fingerprint density at radius 1 is 0.587 bits per heavy atom. The Balaban J connectivity index is 0.000000185. The third kappa shape index (κ3) is 25.2. The zero-order chi connectivity index (χ0) is 67.7. The molecule has 4 aromatic heterocycles. The van der Waals surface area contributed by atoms with Crippen LogP contribution in [-0.4, -0.2) is 143 Å². The lowest BCUT2D eigenvalue weighted by Gasteiger charge is -2.34. The second-order valence-corrected chi connectivity index (χ2v) is 36.0. The molecule has 0 aliphatic carbocycles. The Morgan fingerprint density at radius 2 is 0.978 bits per heavy atom. The van der Waals surface area contributed by atoms with Gasteiger partial charge in [-0.3, -0.25) is 9.36 Å². The van der Waals surface area contributed by atoms with Crippen molar-refractivity contribution in [3.63, 3.8) is 0 Å². The van der Waals surface area contributed by atoms with Crippen molar-refractivity contribution in [3.05, 3.63) is 137 Å². The van der Waals surface area contributed by atoms with Gasteiger partial charge in [-0.05, 0) is 199 Å². The van der Waals surface area contributed by atoms with Crippen molar-refractivity contribution in [1.29, 1.82) is 0 Å². The lowest BCUT2D eigenvalue weighted by atomic mass is 9.98. The van der Waals surface area contributed by atoms with Gasteiger partial charge in [-0.1, -0.05) is 11.6 Å². The summed E-state index contributed by atoms with van der Waals surface area (Å²) in [5.41, 5.74) is 1.88. The number of hydrogen-bond acceptors (Lipinski definition) is 18. The summed E-state index contributed by atoms with van der Waals surface area (Å²) in [6, 6.07) is 11.3. The van der Waals surface area contributed by atoms with Crippen molar-refractivity contribution in [2.45, 2.75) is 38.5 Å². The molecule has 4 aromatic carbocycles. The molecular weight excluding hydrogens is 1570 g/mol. The molecule has 3 aliphatic heterocycles. The molecule has 0 bridgehead atoms. The highest BCUT2D eigenvalue weighted by Gasteiger charge is 2.26. The van der Waals surface area contributed by atoms with Gasteiger partial charge in [0.1, 0.15) is 59.0 Å². The number of hydrogen-bond donors (Lipinski definition) is 5. The topological polar surface area (TPSA) is 302 Å². The number of nitrogens with one attached hydrogen (secondary N) is 5. The van der Waals surface area contributed by atoms with Gasteiger partial charge in [-0.25, -0.2) is 96.7 Å². The van der Waals surface area contributed by atoms with E-state index in [1.54, 1.807) is 12.1 Å². The molecule has 0 spiro atoms. The maximum atomic E-state index is 14.0. The Bertz CT molecular complexity index is 4420. The van der Waals surface area contributed by atoms with E-state index in [1.165, 1.54) is 61.9 Å². The number of sulfonamides is 3. The van der Waals surface area contributed by atoms with Crippen LogP contribution in [-0.2, 0) is 34.6 Å². The Morgan fingerprint density at radius 3 is 1.42 bits per heavy atom. The van der Waals surface area contributed by atoms with E-state index in [2.05, 4.69) is 151 Å². The Kier molecular flexibility index (Phi) is 28.9. The summed E-state index contributed by atoms with van der Waals surface area (Å²) in [6.45, 7) is 13.2. The number of piperidine rings is 3. The van der Waals surface area contributed by atoms with E-state index < -0.39 is 46.9 Å². The molecule has 0 radical (unpaired) electrons. The van der Waals surface area contributed by atoms with E-state index in [4.69, 9.17) is 18.2 Å². The molecule has 8 aromatic rings. The van der Waals surface area contributed by atoms with Gasteiger partial charge < -0.3 is 20.1 Å². The van der Waals surface area contributed by atoms with Crippen LogP contribution in [0.4, 0.5) is 34.9 Å². The average Bonchev–Trinajstić information content (AvgIpc) is 0.823.